The van der Waals surface area contributed by atoms with E-state index in [2.05, 4.69) is 0 Å². The molecule has 1 aromatic carbocycles. The number of anilines is 2. The second-order valence-corrected chi connectivity index (χ2v) is 4.99. The van der Waals surface area contributed by atoms with Gasteiger partial charge in [0.25, 0.3) is 0 Å². The van der Waals surface area contributed by atoms with Crippen LogP contribution in [-0.4, -0.2) is 17.1 Å². The molecule has 1 heterocycles. The highest BCUT2D eigenvalue weighted by Gasteiger charge is 2.33. The lowest BCUT2D eigenvalue weighted by atomic mass is 10.1. The smallest absolute Gasteiger partial charge is 0.337 e. The molecule has 1 fully saturated rings. The molecule has 0 unspecified atom stereocenters. The van der Waals surface area contributed by atoms with Crippen molar-refractivity contribution in [1.29, 1.82) is 0 Å². The summed E-state index contributed by atoms with van der Waals surface area (Å²) >= 11 is 0. The summed E-state index contributed by atoms with van der Waals surface area (Å²) in [5, 5.41) is 9.36. The van der Waals surface area contributed by atoms with Crippen molar-refractivity contribution in [3.8, 4) is 0 Å². The van der Waals surface area contributed by atoms with Crippen molar-refractivity contribution < 1.29 is 14.3 Å². The lowest BCUT2D eigenvalue weighted by Crippen LogP contribution is -2.27. The second-order valence-electron chi connectivity index (χ2n) is 4.99. The van der Waals surface area contributed by atoms with Crippen LogP contribution in [-0.2, 0) is 6.54 Å². The van der Waals surface area contributed by atoms with Crippen LogP contribution in [0, 0.1) is 0 Å². The van der Waals surface area contributed by atoms with Crippen LogP contribution in [0.4, 0.5) is 11.4 Å². The normalized spacial score (nSPS) is 14.2. The molecule has 0 aliphatic heterocycles. The number of para-hydroxylation sites is 1. The minimum atomic E-state index is -0.961. The maximum absolute atomic E-state index is 11.4. The number of carbonyl (C=O) groups is 1. The minimum Gasteiger partial charge on any atom is -0.478 e. The molecule has 5 heteroatoms. The molecule has 0 atom stereocenters. The number of hydrogen-bond acceptors (Lipinski definition) is 4. The van der Waals surface area contributed by atoms with Crippen molar-refractivity contribution in [3.05, 3.63) is 47.9 Å². The molecular formula is C15H16N2O3. The number of hydrogen-bond donors (Lipinski definition) is 2. The fourth-order valence-electron chi connectivity index (χ4n) is 2.40. The van der Waals surface area contributed by atoms with Gasteiger partial charge in [-0.2, -0.15) is 0 Å². The summed E-state index contributed by atoms with van der Waals surface area (Å²) in [6.45, 7) is 0.534. The Morgan fingerprint density at radius 2 is 2.15 bits per heavy atom. The summed E-state index contributed by atoms with van der Waals surface area (Å²) in [6.07, 6.45) is 3.72. The summed E-state index contributed by atoms with van der Waals surface area (Å²) in [4.78, 5) is 13.5. The third kappa shape index (κ3) is 2.34. The summed E-state index contributed by atoms with van der Waals surface area (Å²) in [5.74, 6) is -0.158. The van der Waals surface area contributed by atoms with Gasteiger partial charge in [0.15, 0.2) is 0 Å². The van der Waals surface area contributed by atoms with Crippen LogP contribution in [0.3, 0.4) is 0 Å². The molecular weight excluding hydrogens is 256 g/mol. The van der Waals surface area contributed by atoms with E-state index in [0.29, 0.717) is 24.0 Å². The van der Waals surface area contributed by atoms with Crippen molar-refractivity contribution in [1.82, 2.24) is 0 Å². The van der Waals surface area contributed by atoms with Gasteiger partial charge in [-0.25, -0.2) is 4.79 Å². The number of rotatable bonds is 5. The van der Waals surface area contributed by atoms with E-state index in [4.69, 9.17) is 10.2 Å². The van der Waals surface area contributed by atoms with E-state index < -0.39 is 5.97 Å². The monoisotopic (exact) mass is 272 g/mol. The number of nitrogen functional groups attached to an aromatic ring is 1. The van der Waals surface area contributed by atoms with Gasteiger partial charge < -0.3 is 20.2 Å². The summed E-state index contributed by atoms with van der Waals surface area (Å²) in [5.41, 5.74) is 7.34. The van der Waals surface area contributed by atoms with E-state index in [1.54, 1.807) is 24.5 Å². The third-order valence-corrected chi connectivity index (χ3v) is 3.48. The quantitative estimate of drug-likeness (QED) is 0.818. The van der Waals surface area contributed by atoms with Crippen LogP contribution in [0.25, 0.3) is 0 Å². The van der Waals surface area contributed by atoms with Gasteiger partial charge in [0.05, 0.1) is 29.7 Å². The number of benzene rings is 1. The van der Waals surface area contributed by atoms with Crippen LogP contribution in [0.2, 0.25) is 0 Å². The predicted molar refractivity (Wildman–Crippen MR) is 75.7 cm³/mol. The van der Waals surface area contributed by atoms with Gasteiger partial charge in [0.1, 0.15) is 5.76 Å². The third-order valence-electron chi connectivity index (χ3n) is 3.48. The Morgan fingerprint density at radius 1 is 1.35 bits per heavy atom. The Balaban J connectivity index is 2.01. The standard InChI is InChI=1S/C15H16N2O3/c16-13-5-1-4-12(15(18)19)14(13)17(10-6-7-10)9-11-3-2-8-20-11/h1-5,8,10H,6-7,9,16H2,(H,18,19). The molecule has 3 rings (SSSR count). The summed E-state index contributed by atoms with van der Waals surface area (Å²) < 4.78 is 5.37. The van der Waals surface area contributed by atoms with Gasteiger partial charge in [0, 0.05) is 6.04 Å². The maximum atomic E-state index is 11.4. The van der Waals surface area contributed by atoms with Crippen molar-refractivity contribution >= 4 is 17.3 Å². The average molecular weight is 272 g/mol. The zero-order chi connectivity index (χ0) is 14.1. The van der Waals surface area contributed by atoms with Crippen molar-refractivity contribution in [2.24, 2.45) is 0 Å². The first-order chi connectivity index (χ1) is 9.66. The first-order valence-electron chi connectivity index (χ1n) is 6.57. The maximum Gasteiger partial charge on any atom is 0.337 e. The number of carboxylic acid groups (broad SMARTS) is 1. The van der Waals surface area contributed by atoms with Crippen LogP contribution >= 0.6 is 0 Å². The summed E-state index contributed by atoms with van der Waals surface area (Å²) in [7, 11) is 0. The zero-order valence-corrected chi connectivity index (χ0v) is 11.0. The Labute approximate surface area is 116 Å². The van der Waals surface area contributed by atoms with Gasteiger partial charge in [-0.1, -0.05) is 6.07 Å². The second kappa shape index (κ2) is 4.92. The van der Waals surface area contributed by atoms with Gasteiger partial charge in [-0.05, 0) is 37.1 Å². The largest absolute Gasteiger partial charge is 0.478 e. The lowest BCUT2D eigenvalue weighted by molar-refractivity contribution is 0.0697. The fraction of sp³-hybridized carbons (Fsp3) is 0.267. The molecule has 0 spiro atoms. The molecule has 3 N–H and O–H groups in total. The molecule has 0 amide bonds. The van der Waals surface area contributed by atoms with Gasteiger partial charge in [-0.15, -0.1) is 0 Å². The number of nitrogens with zero attached hydrogens (tertiary/aromatic N) is 1. The van der Waals surface area contributed by atoms with E-state index in [-0.39, 0.29) is 5.56 Å². The average Bonchev–Trinajstić information content (AvgIpc) is 3.13. The lowest BCUT2D eigenvalue weighted by Gasteiger charge is -2.26. The number of furan rings is 1. The predicted octanol–water partition coefficient (Wildman–Crippen LogP) is 2.73. The molecule has 20 heavy (non-hydrogen) atoms. The number of nitrogens with two attached hydrogens (primary N) is 1. The SMILES string of the molecule is Nc1cccc(C(=O)O)c1N(Cc1ccco1)C1CC1. The molecule has 1 saturated carbocycles. The first-order valence-corrected chi connectivity index (χ1v) is 6.57. The zero-order valence-electron chi connectivity index (χ0n) is 11.0. The Kier molecular flexibility index (Phi) is 3.10. The van der Waals surface area contributed by atoms with Crippen LogP contribution in [0.15, 0.2) is 41.0 Å². The molecule has 1 aromatic heterocycles. The molecule has 0 saturated heterocycles. The van der Waals surface area contributed by atoms with Crippen LogP contribution < -0.4 is 10.6 Å². The highest BCUT2D eigenvalue weighted by molar-refractivity contribution is 5.98. The minimum absolute atomic E-state index is 0.239. The molecule has 5 nitrogen and oxygen atoms in total. The summed E-state index contributed by atoms with van der Waals surface area (Å²) in [6, 6.07) is 9.04. The van der Waals surface area contributed by atoms with Gasteiger partial charge in [0.2, 0.25) is 0 Å². The van der Waals surface area contributed by atoms with E-state index >= 15 is 0 Å². The van der Waals surface area contributed by atoms with Gasteiger partial charge >= 0.3 is 5.97 Å². The van der Waals surface area contributed by atoms with Crippen LogP contribution in [0.1, 0.15) is 29.0 Å². The first kappa shape index (κ1) is 12.6. The molecule has 1 aliphatic carbocycles. The molecule has 104 valence electrons. The fourth-order valence-corrected chi connectivity index (χ4v) is 2.40. The number of aromatic carboxylic acids is 1. The molecule has 0 radical (unpaired) electrons. The topological polar surface area (TPSA) is 79.7 Å². The van der Waals surface area contributed by atoms with E-state index in [1.807, 2.05) is 17.0 Å². The van der Waals surface area contributed by atoms with Crippen molar-refractivity contribution in [2.45, 2.75) is 25.4 Å². The Morgan fingerprint density at radius 3 is 2.75 bits per heavy atom. The van der Waals surface area contributed by atoms with Crippen molar-refractivity contribution in [3.63, 3.8) is 0 Å². The molecule has 2 aromatic rings. The molecule has 0 bridgehead atoms. The van der Waals surface area contributed by atoms with Crippen molar-refractivity contribution in [2.75, 3.05) is 10.6 Å². The van der Waals surface area contributed by atoms with Gasteiger partial charge in [-0.3, -0.25) is 0 Å². The van der Waals surface area contributed by atoms with E-state index in [0.717, 1.165) is 18.6 Å². The van der Waals surface area contributed by atoms with Crippen LogP contribution in [0.5, 0.6) is 0 Å². The van der Waals surface area contributed by atoms with E-state index in [1.165, 1.54) is 0 Å². The molecule has 1 aliphatic rings. The Hall–Kier alpha value is -2.43. The highest BCUT2D eigenvalue weighted by atomic mass is 16.4. The number of carboxylic acids is 1. The highest BCUT2D eigenvalue weighted by Crippen LogP contribution is 2.38. The Bertz CT molecular complexity index is 618. The van der Waals surface area contributed by atoms with E-state index in [9.17, 15) is 9.90 Å².